The Morgan fingerprint density at radius 3 is 2.24 bits per heavy atom. The predicted octanol–water partition coefficient (Wildman–Crippen LogP) is 3.77. The molecule has 0 bridgehead atoms. The molecule has 0 aliphatic carbocycles. The lowest BCUT2D eigenvalue weighted by Gasteiger charge is -2.05. The van der Waals surface area contributed by atoms with Crippen LogP contribution in [-0.4, -0.2) is 34.7 Å². The number of aromatic nitrogens is 4. The second-order valence-electron chi connectivity index (χ2n) is 6.96. The van der Waals surface area contributed by atoms with Crippen LogP contribution < -0.4 is 0 Å². The van der Waals surface area contributed by atoms with Crippen LogP contribution in [0.1, 0.15) is 11.3 Å². The van der Waals surface area contributed by atoms with E-state index >= 15 is 0 Å². The van der Waals surface area contributed by atoms with Crippen molar-refractivity contribution in [1.29, 1.82) is 0 Å². The molecule has 4 aromatic rings. The average molecular weight is 404 g/mol. The molecule has 0 fully saturated rings. The van der Waals surface area contributed by atoms with Crippen LogP contribution in [0.4, 0.5) is 0 Å². The first kappa shape index (κ1) is 19.0. The molecule has 2 aromatic heterocycles. The van der Waals surface area contributed by atoms with Gasteiger partial charge in [-0.1, -0.05) is 30.3 Å². The van der Waals surface area contributed by atoms with Gasteiger partial charge >= 0.3 is 0 Å². The van der Waals surface area contributed by atoms with E-state index in [4.69, 9.17) is 0 Å². The van der Waals surface area contributed by atoms with Crippen LogP contribution in [0.25, 0.3) is 22.5 Å². The van der Waals surface area contributed by atoms with Crippen molar-refractivity contribution in [3.8, 4) is 22.5 Å². The third-order valence-corrected chi connectivity index (χ3v) is 5.72. The molecule has 146 valence electrons. The Hall–Kier alpha value is -3.32. The number of rotatable bonds is 5. The summed E-state index contributed by atoms with van der Waals surface area (Å²) in [5.74, 6) is 0. The zero-order chi connectivity index (χ0) is 20.4. The van der Waals surface area contributed by atoms with Crippen molar-refractivity contribution in [2.24, 2.45) is 0 Å². The third-order valence-electron chi connectivity index (χ3n) is 4.59. The summed E-state index contributed by atoms with van der Waals surface area (Å²) in [5.41, 5.74) is 5.53. The van der Waals surface area contributed by atoms with Gasteiger partial charge in [-0.05, 0) is 48.9 Å². The molecule has 0 spiro atoms. The van der Waals surface area contributed by atoms with E-state index in [9.17, 15) is 8.42 Å². The van der Waals surface area contributed by atoms with E-state index in [0.29, 0.717) is 11.4 Å². The van der Waals surface area contributed by atoms with Gasteiger partial charge in [0.2, 0.25) is 0 Å². The van der Waals surface area contributed by atoms with E-state index in [1.807, 2.05) is 72.4 Å². The Morgan fingerprint density at radius 1 is 0.862 bits per heavy atom. The molecule has 0 N–H and O–H groups in total. The summed E-state index contributed by atoms with van der Waals surface area (Å²) < 4.78 is 25.0. The summed E-state index contributed by atoms with van der Waals surface area (Å²) in [6, 6.07) is 20.8. The first-order chi connectivity index (χ1) is 13.9. The van der Waals surface area contributed by atoms with Gasteiger partial charge in [-0.25, -0.2) is 8.42 Å². The van der Waals surface area contributed by atoms with Crippen LogP contribution in [0.3, 0.4) is 0 Å². The second-order valence-corrected chi connectivity index (χ2v) is 8.97. The van der Waals surface area contributed by atoms with Gasteiger partial charge < -0.3 is 0 Å². The van der Waals surface area contributed by atoms with Gasteiger partial charge in [-0.2, -0.15) is 15.3 Å². The summed E-state index contributed by atoms with van der Waals surface area (Å²) in [6.07, 6.45) is 3.12. The molecule has 0 saturated heterocycles. The molecule has 6 nitrogen and oxygen atoms in total. The highest BCUT2D eigenvalue weighted by molar-refractivity contribution is 7.90. The Kier molecular flexibility index (Phi) is 4.98. The normalized spacial score (nSPS) is 11.5. The van der Waals surface area contributed by atoms with Gasteiger partial charge in [0, 0.05) is 23.6 Å². The van der Waals surface area contributed by atoms with Crippen LogP contribution in [0.5, 0.6) is 0 Å². The molecule has 2 aromatic carbocycles. The molecule has 0 amide bonds. The highest BCUT2D eigenvalue weighted by Crippen LogP contribution is 2.24. The van der Waals surface area contributed by atoms with E-state index in [2.05, 4.69) is 15.3 Å². The third kappa shape index (κ3) is 4.41. The van der Waals surface area contributed by atoms with Gasteiger partial charge in [0.1, 0.15) is 0 Å². The van der Waals surface area contributed by atoms with Crippen molar-refractivity contribution in [1.82, 2.24) is 20.0 Å². The molecule has 2 heterocycles. The molecule has 0 aliphatic heterocycles. The van der Waals surface area contributed by atoms with Gasteiger partial charge in [-0.15, -0.1) is 0 Å². The summed E-state index contributed by atoms with van der Waals surface area (Å²) >= 11 is 0. The fourth-order valence-corrected chi connectivity index (χ4v) is 3.65. The molecule has 0 saturated carbocycles. The first-order valence-electron chi connectivity index (χ1n) is 9.12. The number of nitrogens with zero attached hydrogens (tertiary/aromatic N) is 4. The van der Waals surface area contributed by atoms with E-state index < -0.39 is 9.84 Å². The minimum Gasteiger partial charge on any atom is -0.268 e. The number of hydrogen-bond acceptors (Lipinski definition) is 5. The van der Waals surface area contributed by atoms with Crippen molar-refractivity contribution in [3.63, 3.8) is 0 Å². The zero-order valence-electron chi connectivity index (χ0n) is 16.1. The summed E-state index contributed by atoms with van der Waals surface area (Å²) in [6.45, 7) is 2.47. The van der Waals surface area contributed by atoms with Gasteiger partial charge in [0.05, 0.1) is 28.5 Å². The summed E-state index contributed by atoms with van der Waals surface area (Å²) in [7, 11) is -3.19. The molecular weight excluding hydrogens is 384 g/mol. The Bertz CT molecular complexity index is 1240. The lowest BCUT2D eigenvalue weighted by atomic mass is 10.1. The van der Waals surface area contributed by atoms with Crippen LogP contribution in [-0.2, 0) is 16.4 Å². The fourth-order valence-electron chi connectivity index (χ4n) is 3.02. The Labute approximate surface area is 169 Å². The predicted molar refractivity (Wildman–Crippen MR) is 112 cm³/mol. The zero-order valence-corrected chi connectivity index (χ0v) is 17.0. The standard InChI is InChI=1S/C22H20N4O2S/c1-16-6-11-21(24-23-16)18-4-3-5-19(14-18)22-12-13-26(25-22)15-17-7-9-20(10-8-17)29(2,27)28/h3-14H,15H2,1-2H3. The van der Waals surface area contributed by atoms with Crippen LogP contribution in [0.2, 0.25) is 0 Å². The van der Waals surface area contributed by atoms with Crippen molar-refractivity contribution < 1.29 is 8.42 Å². The van der Waals surface area contributed by atoms with Crippen LogP contribution in [0, 0.1) is 6.92 Å². The molecule has 0 radical (unpaired) electrons. The van der Waals surface area contributed by atoms with Crippen molar-refractivity contribution >= 4 is 9.84 Å². The molecule has 4 rings (SSSR count). The van der Waals surface area contributed by atoms with E-state index in [1.165, 1.54) is 6.26 Å². The fraction of sp³-hybridized carbons (Fsp3) is 0.136. The van der Waals surface area contributed by atoms with Gasteiger partial charge in [-0.3, -0.25) is 4.68 Å². The highest BCUT2D eigenvalue weighted by atomic mass is 32.2. The summed E-state index contributed by atoms with van der Waals surface area (Å²) in [4.78, 5) is 0.318. The molecule has 0 unspecified atom stereocenters. The van der Waals surface area contributed by atoms with Crippen molar-refractivity contribution in [2.75, 3.05) is 6.26 Å². The van der Waals surface area contributed by atoms with E-state index in [1.54, 1.807) is 12.1 Å². The van der Waals surface area contributed by atoms with E-state index in [0.717, 1.165) is 33.8 Å². The molecule has 0 atom stereocenters. The lowest BCUT2D eigenvalue weighted by molar-refractivity contribution is 0.602. The van der Waals surface area contributed by atoms with Gasteiger partial charge in [0.25, 0.3) is 0 Å². The average Bonchev–Trinajstić information content (AvgIpc) is 3.17. The Balaban J connectivity index is 1.55. The highest BCUT2D eigenvalue weighted by Gasteiger charge is 2.08. The largest absolute Gasteiger partial charge is 0.268 e. The minimum atomic E-state index is -3.19. The van der Waals surface area contributed by atoms with E-state index in [-0.39, 0.29) is 0 Å². The minimum absolute atomic E-state index is 0.318. The van der Waals surface area contributed by atoms with Crippen LogP contribution in [0.15, 0.2) is 77.8 Å². The topological polar surface area (TPSA) is 77.7 Å². The molecule has 0 aliphatic rings. The summed E-state index contributed by atoms with van der Waals surface area (Å²) in [5, 5.41) is 13.0. The SMILES string of the molecule is Cc1ccc(-c2cccc(-c3ccn(Cc4ccc(S(C)(=O)=O)cc4)n3)c2)nn1. The maximum atomic E-state index is 11.6. The van der Waals surface area contributed by atoms with Crippen molar-refractivity contribution in [3.05, 3.63) is 84.2 Å². The van der Waals surface area contributed by atoms with Crippen molar-refractivity contribution in [2.45, 2.75) is 18.4 Å². The molecular formula is C22H20N4O2S. The second kappa shape index (κ2) is 7.60. The molecule has 29 heavy (non-hydrogen) atoms. The van der Waals surface area contributed by atoms with Crippen LogP contribution >= 0.6 is 0 Å². The number of aryl methyl sites for hydroxylation is 1. The maximum absolute atomic E-state index is 11.6. The number of hydrogen-bond donors (Lipinski definition) is 0. The Morgan fingerprint density at radius 2 is 1.59 bits per heavy atom. The number of benzene rings is 2. The van der Waals surface area contributed by atoms with Gasteiger partial charge in [0.15, 0.2) is 9.84 Å². The quantitative estimate of drug-likeness (QED) is 0.506. The maximum Gasteiger partial charge on any atom is 0.175 e. The first-order valence-corrected chi connectivity index (χ1v) is 11.0. The smallest absolute Gasteiger partial charge is 0.175 e. The monoisotopic (exact) mass is 404 g/mol. The number of sulfone groups is 1. The lowest BCUT2D eigenvalue weighted by Crippen LogP contribution is -2.02. The molecule has 7 heteroatoms.